The Bertz CT molecular complexity index is 764. The molecule has 1 N–H and O–H groups in total. The number of imidazole rings is 1. The molecule has 1 aliphatic rings. The van der Waals surface area contributed by atoms with Crippen LogP contribution in [0.25, 0.3) is 11.0 Å². The number of aliphatic carboxylic acids is 1. The Balaban J connectivity index is 1.86. The second-order valence-electron chi connectivity index (χ2n) is 6.50. The molecule has 1 fully saturated rings. The van der Waals surface area contributed by atoms with Crippen LogP contribution in [0.4, 0.5) is 0 Å². The lowest BCUT2D eigenvalue weighted by Crippen LogP contribution is -2.28. The van der Waals surface area contributed by atoms with Gasteiger partial charge in [-0.1, -0.05) is 6.07 Å². The molecule has 5 nitrogen and oxygen atoms in total. The molecule has 1 saturated carbocycles. The summed E-state index contributed by atoms with van der Waals surface area (Å²) in [6.45, 7) is 2.71. The topological polar surface area (TPSA) is 64.2 Å². The summed E-state index contributed by atoms with van der Waals surface area (Å²) in [5.41, 5.74) is 3.09. The number of carbonyl (C=O) groups is 1. The minimum absolute atomic E-state index is 0.0148. The SMILES string of the molecule is Cc1ccc2c(c1)n(CC1CCC(C(=O)O)CC1)c(=O)n2C. The van der Waals surface area contributed by atoms with Crippen LogP contribution in [0.2, 0.25) is 0 Å². The van der Waals surface area contributed by atoms with Gasteiger partial charge in [-0.2, -0.15) is 0 Å². The molecule has 0 aliphatic heterocycles. The maximum Gasteiger partial charge on any atom is 0.328 e. The lowest BCUT2D eigenvalue weighted by atomic mass is 9.82. The van der Waals surface area contributed by atoms with Gasteiger partial charge in [-0.05, 0) is 56.2 Å². The van der Waals surface area contributed by atoms with Crippen molar-refractivity contribution in [3.05, 3.63) is 34.2 Å². The zero-order valence-electron chi connectivity index (χ0n) is 13.1. The van der Waals surface area contributed by atoms with Crippen LogP contribution in [0.3, 0.4) is 0 Å². The molecule has 0 radical (unpaired) electrons. The van der Waals surface area contributed by atoms with Gasteiger partial charge < -0.3 is 5.11 Å². The predicted molar refractivity (Wildman–Crippen MR) is 85.0 cm³/mol. The average molecular weight is 302 g/mol. The van der Waals surface area contributed by atoms with E-state index in [1.807, 2.05) is 23.6 Å². The number of benzene rings is 1. The third-order valence-corrected chi connectivity index (χ3v) is 4.94. The van der Waals surface area contributed by atoms with Crippen LogP contribution in [0.15, 0.2) is 23.0 Å². The van der Waals surface area contributed by atoms with Gasteiger partial charge >= 0.3 is 11.7 Å². The fourth-order valence-electron chi connectivity index (χ4n) is 3.55. The molecule has 3 rings (SSSR count). The first-order chi connectivity index (χ1) is 10.5. The summed E-state index contributed by atoms with van der Waals surface area (Å²) in [5, 5.41) is 9.08. The van der Waals surface area contributed by atoms with Gasteiger partial charge in [0.25, 0.3) is 0 Å². The first kappa shape index (κ1) is 14.9. The third kappa shape index (κ3) is 2.56. The Hall–Kier alpha value is -2.04. The highest BCUT2D eigenvalue weighted by molar-refractivity contribution is 5.76. The molecule has 0 saturated heterocycles. The highest BCUT2D eigenvalue weighted by Crippen LogP contribution is 2.30. The first-order valence-electron chi connectivity index (χ1n) is 7.86. The number of nitrogens with zero attached hydrogens (tertiary/aromatic N) is 2. The van der Waals surface area contributed by atoms with Crippen LogP contribution in [0.5, 0.6) is 0 Å². The van der Waals surface area contributed by atoms with E-state index in [1.54, 1.807) is 11.6 Å². The van der Waals surface area contributed by atoms with Gasteiger partial charge in [-0.25, -0.2) is 4.79 Å². The third-order valence-electron chi connectivity index (χ3n) is 4.94. The maximum absolute atomic E-state index is 12.5. The van der Waals surface area contributed by atoms with E-state index in [2.05, 4.69) is 6.07 Å². The Morgan fingerprint density at radius 1 is 1.23 bits per heavy atom. The summed E-state index contributed by atoms with van der Waals surface area (Å²) in [6, 6.07) is 6.06. The zero-order valence-corrected chi connectivity index (χ0v) is 13.1. The van der Waals surface area contributed by atoms with Crippen molar-refractivity contribution in [3.8, 4) is 0 Å². The summed E-state index contributed by atoms with van der Waals surface area (Å²) in [7, 11) is 1.80. The summed E-state index contributed by atoms with van der Waals surface area (Å²) in [6.07, 6.45) is 3.20. The van der Waals surface area contributed by atoms with Crippen molar-refractivity contribution in [2.45, 2.75) is 39.2 Å². The van der Waals surface area contributed by atoms with Crippen LogP contribution in [-0.2, 0) is 18.4 Å². The summed E-state index contributed by atoms with van der Waals surface area (Å²) in [4.78, 5) is 23.5. The van der Waals surface area contributed by atoms with Gasteiger partial charge in [0.15, 0.2) is 0 Å². The average Bonchev–Trinajstić information content (AvgIpc) is 2.72. The molecule has 118 valence electrons. The number of hydrogen-bond donors (Lipinski definition) is 1. The minimum atomic E-state index is -0.684. The van der Waals surface area contributed by atoms with Crippen LogP contribution in [0.1, 0.15) is 31.2 Å². The predicted octanol–water partition coefficient (Wildman–Crippen LogP) is 2.54. The quantitative estimate of drug-likeness (QED) is 0.947. The molecule has 5 heteroatoms. The van der Waals surface area contributed by atoms with E-state index >= 15 is 0 Å². The molecular weight excluding hydrogens is 280 g/mol. The van der Waals surface area contributed by atoms with Crippen molar-refractivity contribution in [2.24, 2.45) is 18.9 Å². The second kappa shape index (κ2) is 5.63. The van der Waals surface area contributed by atoms with Crippen molar-refractivity contribution < 1.29 is 9.90 Å². The number of aryl methyl sites for hydroxylation is 2. The maximum atomic E-state index is 12.5. The number of carboxylic acid groups (broad SMARTS) is 1. The molecule has 0 amide bonds. The molecule has 0 bridgehead atoms. The largest absolute Gasteiger partial charge is 0.481 e. The molecular formula is C17H22N2O3. The highest BCUT2D eigenvalue weighted by Gasteiger charge is 2.27. The monoisotopic (exact) mass is 302 g/mol. The molecule has 0 unspecified atom stereocenters. The minimum Gasteiger partial charge on any atom is -0.481 e. The molecule has 0 spiro atoms. The Morgan fingerprint density at radius 2 is 1.91 bits per heavy atom. The van der Waals surface area contributed by atoms with Crippen LogP contribution in [0, 0.1) is 18.8 Å². The molecule has 0 atom stereocenters. The van der Waals surface area contributed by atoms with Crippen molar-refractivity contribution in [3.63, 3.8) is 0 Å². The highest BCUT2D eigenvalue weighted by atomic mass is 16.4. The Morgan fingerprint density at radius 3 is 2.55 bits per heavy atom. The van der Waals surface area contributed by atoms with E-state index in [1.165, 1.54) is 0 Å². The first-order valence-corrected chi connectivity index (χ1v) is 7.86. The van der Waals surface area contributed by atoms with Gasteiger partial charge in [0.2, 0.25) is 0 Å². The van der Waals surface area contributed by atoms with Gasteiger partial charge in [-0.15, -0.1) is 0 Å². The van der Waals surface area contributed by atoms with Crippen molar-refractivity contribution in [1.82, 2.24) is 9.13 Å². The number of carboxylic acids is 1. The number of fused-ring (bicyclic) bond motifs is 1. The van der Waals surface area contributed by atoms with E-state index in [0.29, 0.717) is 12.5 Å². The van der Waals surface area contributed by atoms with E-state index in [9.17, 15) is 9.59 Å². The number of hydrogen-bond acceptors (Lipinski definition) is 2. The van der Waals surface area contributed by atoms with Crippen LogP contribution < -0.4 is 5.69 Å². The number of rotatable bonds is 3. The van der Waals surface area contributed by atoms with E-state index < -0.39 is 5.97 Å². The fraction of sp³-hybridized carbons (Fsp3) is 0.529. The zero-order chi connectivity index (χ0) is 15.9. The summed E-state index contributed by atoms with van der Waals surface area (Å²) in [5.74, 6) is -0.501. The van der Waals surface area contributed by atoms with Crippen LogP contribution >= 0.6 is 0 Å². The van der Waals surface area contributed by atoms with Crippen LogP contribution in [-0.4, -0.2) is 20.2 Å². The fourth-order valence-corrected chi connectivity index (χ4v) is 3.55. The lowest BCUT2D eigenvalue weighted by molar-refractivity contribution is -0.143. The summed E-state index contributed by atoms with van der Waals surface area (Å²) < 4.78 is 3.55. The molecule has 1 aliphatic carbocycles. The molecule has 1 heterocycles. The lowest BCUT2D eigenvalue weighted by Gasteiger charge is -2.26. The van der Waals surface area contributed by atoms with Crippen molar-refractivity contribution >= 4 is 17.0 Å². The number of aromatic nitrogens is 2. The molecule has 1 aromatic carbocycles. The van der Waals surface area contributed by atoms with Gasteiger partial charge in [0, 0.05) is 13.6 Å². The normalized spacial score (nSPS) is 22.1. The van der Waals surface area contributed by atoms with Gasteiger partial charge in [0.1, 0.15) is 0 Å². The van der Waals surface area contributed by atoms with E-state index in [0.717, 1.165) is 42.3 Å². The Kier molecular flexibility index (Phi) is 3.81. The molecule has 2 aromatic rings. The Labute approximate surface area is 129 Å². The van der Waals surface area contributed by atoms with Crippen molar-refractivity contribution in [1.29, 1.82) is 0 Å². The molecule has 1 aromatic heterocycles. The second-order valence-corrected chi connectivity index (χ2v) is 6.50. The smallest absolute Gasteiger partial charge is 0.328 e. The summed E-state index contributed by atoms with van der Waals surface area (Å²) >= 11 is 0. The van der Waals surface area contributed by atoms with Gasteiger partial charge in [0.05, 0.1) is 17.0 Å². The standard InChI is InChI=1S/C17H22N2O3/c1-11-3-8-14-15(9-11)19(17(22)18(14)2)10-12-4-6-13(7-5-12)16(20)21/h3,8-9,12-13H,4-7,10H2,1-2H3,(H,20,21). The van der Waals surface area contributed by atoms with E-state index in [-0.39, 0.29) is 11.6 Å². The van der Waals surface area contributed by atoms with Crippen molar-refractivity contribution in [2.75, 3.05) is 0 Å². The van der Waals surface area contributed by atoms with E-state index in [4.69, 9.17) is 5.11 Å². The molecule has 22 heavy (non-hydrogen) atoms. The van der Waals surface area contributed by atoms with Gasteiger partial charge in [-0.3, -0.25) is 13.9 Å².